The van der Waals surface area contributed by atoms with E-state index in [1.807, 2.05) is 58.0 Å². The highest BCUT2D eigenvalue weighted by molar-refractivity contribution is 7.15. The zero-order valence-electron chi connectivity index (χ0n) is 18.2. The van der Waals surface area contributed by atoms with Crippen LogP contribution in [-0.2, 0) is 11.3 Å². The predicted octanol–water partition coefficient (Wildman–Crippen LogP) is 5.55. The molecule has 1 fully saturated rings. The number of nitrogens with zero attached hydrogens (tertiary/aromatic N) is 3. The van der Waals surface area contributed by atoms with Crippen LogP contribution in [0, 0.1) is 6.92 Å². The van der Waals surface area contributed by atoms with E-state index in [2.05, 4.69) is 15.6 Å². The molecule has 0 radical (unpaired) electrons. The highest BCUT2D eigenvalue weighted by Crippen LogP contribution is 2.45. The number of carbonyl (C=O) groups is 1. The topological polar surface area (TPSA) is 89.0 Å². The van der Waals surface area contributed by atoms with E-state index in [9.17, 15) is 4.79 Å². The predicted molar refractivity (Wildman–Crippen MR) is 123 cm³/mol. The lowest BCUT2D eigenvalue weighted by Gasteiger charge is -2.19. The van der Waals surface area contributed by atoms with E-state index in [1.54, 1.807) is 17.5 Å². The Morgan fingerprint density at radius 3 is 2.58 bits per heavy atom. The molecular formula is C23H27N5O2S. The summed E-state index contributed by atoms with van der Waals surface area (Å²) in [5.41, 5.74) is 3.42. The highest BCUT2D eigenvalue weighted by Gasteiger charge is 2.30. The van der Waals surface area contributed by atoms with Crippen molar-refractivity contribution in [3.63, 3.8) is 0 Å². The molecule has 162 valence electrons. The molecule has 1 amide bonds. The van der Waals surface area contributed by atoms with E-state index in [0.717, 1.165) is 26.8 Å². The van der Waals surface area contributed by atoms with Gasteiger partial charge in [0.15, 0.2) is 0 Å². The molecule has 2 aromatic heterocycles. The van der Waals surface area contributed by atoms with Crippen LogP contribution in [0.15, 0.2) is 36.5 Å². The van der Waals surface area contributed by atoms with Gasteiger partial charge in [-0.3, -0.25) is 0 Å². The van der Waals surface area contributed by atoms with Crippen molar-refractivity contribution in [3.8, 4) is 10.6 Å². The quantitative estimate of drug-likeness (QED) is 0.525. The SMILES string of the molecule is Cc1nc(C2CC2)c(-c2ccnc(Nc3ccc(CNC(=O)OC(C)(C)C)cc3)n2)s1. The van der Waals surface area contributed by atoms with Gasteiger partial charge in [0.2, 0.25) is 5.95 Å². The van der Waals surface area contributed by atoms with Gasteiger partial charge in [0, 0.05) is 24.3 Å². The van der Waals surface area contributed by atoms with Crippen molar-refractivity contribution in [3.05, 3.63) is 52.8 Å². The third kappa shape index (κ3) is 5.79. The molecule has 1 aliphatic carbocycles. The highest BCUT2D eigenvalue weighted by atomic mass is 32.1. The Morgan fingerprint density at radius 1 is 1.16 bits per heavy atom. The number of ether oxygens (including phenoxy) is 1. The standard InChI is InChI=1S/C23H27N5O2S/c1-14-26-19(16-7-8-16)20(31-14)18-11-12-24-21(28-18)27-17-9-5-15(6-10-17)13-25-22(29)30-23(2,3)4/h5-6,9-12,16H,7-8,13H2,1-4H3,(H,25,29)(H,24,27,28). The maximum Gasteiger partial charge on any atom is 0.407 e. The van der Waals surface area contributed by atoms with E-state index < -0.39 is 11.7 Å². The number of anilines is 2. The van der Waals surface area contributed by atoms with Crippen LogP contribution < -0.4 is 10.6 Å². The van der Waals surface area contributed by atoms with Gasteiger partial charge in [-0.15, -0.1) is 11.3 Å². The van der Waals surface area contributed by atoms with Crippen LogP contribution in [0.1, 0.15) is 55.8 Å². The van der Waals surface area contributed by atoms with Gasteiger partial charge in [0.05, 0.1) is 21.3 Å². The maximum atomic E-state index is 11.8. The molecule has 4 rings (SSSR count). The minimum absolute atomic E-state index is 0.399. The van der Waals surface area contributed by atoms with E-state index in [4.69, 9.17) is 14.7 Å². The summed E-state index contributed by atoms with van der Waals surface area (Å²) >= 11 is 1.69. The molecule has 0 aliphatic heterocycles. The normalized spacial score (nSPS) is 13.7. The first-order chi connectivity index (χ1) is 14.8. The monoisotopic (exact) mass is 437 g/mol. The van der Waals surface area contributed by atoms with Gasteiger partial charge in [-0.1, -0.05) is 12.1 Å². The van der Waals surface area contributed by atoms with E-state index >= 15 is 0 Å². The Labute approximate surface area is 186 Å². The summed E-state index contributed by atoms with van der Waals surface area (Å²) in [6, 6.07) is 9.71. The molecule has 0 bridgehead atoms. The third-order valence-corrected chi connectivity index (χ3v) is 5.67. The fourth-order valence-corrected chi connectivity index (χ4v) is 4.10. The first-order valence-corrected chi connectivity index (χ1v) is 11.2. The molecule has 31 heavy (non-hydrogen) atoms. The van der Waals surface area contributed by atoms with E-state index in [1.165, 1.54) is 18.5 Å². The zero-order valence-corrected chi connectivity index (χ0v) is 19.0. The average molecular weight is 438 g/mol. The Kier molecular flexibility index (Phi) is 5.91. The molecule has 8 heteroatoms. The van der Waals surface area contributed by atoms with Crippen molar-refractivity contribution >= 4 is 29.1 Å². The number of alkyl carbamates (subject to hydrolysis) is 1. The number of hydrogen-bond acceptors (Lipinski definition) is 7. The van der Waals surface area contributed by atoms with Crippen LogP contribution in [0.25, 0.3) is 10.6 Å². The fourth-order valence-electron chi connectivity index (χ4n) is 3.13. The average Bonchev–Trinajstić information content (AvgIpc) is 3.48. The number of nitrogens with one attached hydrogen (secondary N) is 2. The summed E-state index contributed by atoms with van der Waals surface area (Å²) in [5.74, 6) is 1.12. The molecule has 0 atom stereocenters. The van der Waals surface area contributed by atoms with Crippen molar-refractivity contribution in [1.29, 1.82) is 0 Å². The molecule has 2 heterocycles. The summed E-state index contributed by atoms with van der Waals surface area (Å²) in [6.07, 6.45) is 3.77. The van der Waals surface area contributed by atoms with Gasteiger partial charge in [0.1, 0.15) is 5.60 Å². The fraction of sp³-hybridized carbons (Fsp3) is 0.391. The Morgan fingerprint density at radius 2 is 1.90 bits per heavy atom. The van der Waals surface area contributed by atoms with Gasteiger partial charge >= 0.3 is 6.09 Å². The van der Waals surface area contributed by atoms with E-state index in [-0.39, 0.29) is 0 Å². The van der Waals surface area contributed by atoms with Crippen molar-refractivity contribution in [2.45, 2.75) is 58.6 Å². The van der Waals surface area contributed by atoms with Crippen LogP contribution in [0.5, 0.6) is 0 Å². The largest absolute Gasteiger partial charge is 0.444 e. The number of thiazole rings is 1. The van der Waals surface area contributed by atoms with Gasteiger partial charge in [-0.2, -0.15) is 0 Å². The molecule has 0 unspecified atom stereocenters. The van der Waals surface area contributed by atoms with Crippen molar-refractivity contribution in [2.24, 2.45) is 0 Å². The number of aryl methyl sites for hydroxylation is 1. The summed E-state index contributed by atoms with van der Waals surface area (Å²) in [6.45, 7) is 7.96. The lowest BCUT2D eigenvalue weighted by molar-refractivity contribution is 0.0523. The molecular weight excluding hydrogens is 410 g/mol. The van der Waals surface area contributed by atoms with Gasteiger partial charge in [-0.05, 0) is 64.3 Å². The smallest absolute Gasteiger partial charge is 0.407 e. The minimum atomic E-state index is -0.510. The second-order valence-electron chi connectivity index (χ2n) is 8.66. The second-order valence-corrected chi connectivity index (χ2v) is 9.87. The Balaban J connectivity index is 1.40. The van der Waals surface area contributed by atoms with Crippen LogP contribution in [-0.4, -0.2) is 26.6 Å². The number of hydrogen-bond donors (Lipinski definition) is 2. The molecule has 3 aromatic rings. The number of amides is 1. The van der Waals surface area contributed by atoms with Crippen LogP contribution in [0.3, 0.4) is 0 Å². The van der Waals surface area contributed by atoms with Crippen LogP contribution in [0.4, 0.5) is 16.4 Å². The first-order valence-electron chi connectivity index (χ1n) is 10.4. The molecule has 7 nitrogen and oxygen atoms in total. The van der Waals surface area contributed by atoms with E-state index in [0.29, 0.717) is 18.4 Å². The summed E-state index contributed by atoms with van der Waals surface area (Å²) in [5, 5.41) is 7.09. The number of benzene rings is 1. The summed E-state index contributed by atoms with van der Waals surface area (Å²) < 4.78 is 5.26. The Bertz CT molecular complexity index is 1070. The molecule has 1 aromatic carbocycles. The summed E-state index contributed by atoms with van der Waals surface area (Å²) in [4.78, 5) is 26.7. The molecule has 0 saturated heterocycles. The lowest BCUT2D eigenvalue weighted by atomic mass is 10.2. The molecule has 2 N–H and O–H groups in total. The summed E-state index contributed by atoms with van der Waals surface area (Å²) in [7, 11) is 0. The van der Waals surface area contributed by atoms with Crippen LogP contribution in [0.2, 0.25) is 0 Å². The van der Waals surface area contributed by atoms with Crippen molar-refractivity contribution < 1.29 is 9.53 Å². The number of carbonyl (C=O) groups excluding carboxylic acids is 1. The number of rotatable bonds is 6. The molecule has 1 saturated carbocycles. The first kappa shape index (κ1) is 21.2. The van der Waals surface area contributed by atoms with Crippen LogP contribution >= 0.6 is 11.3 Å². The second kappa shape index (κ2) is 8.63. The number of aromatic nitrogens is 3. The van der Waals surface area contributed by atoms with Crippen molar-refractivity contribution in [1.82, 2.24) is 20.3 Å². The molecule has 0 spiro atoms. The van der Waals surface area contributed by atoms with Gasteiger partial charge in [-0.25, -0.2) is 19.7 Å². The van der Waals surface area contributed by atoms with Gasteiger partial charge in [0.25, 0.3) is 0 Å². The third-order valence-electron chi connectivity index (χ3n) is 4.66. The zero-order chi connectivity index (χ0) is 22.0. The maximum absolute atomic E-state index is 11.8. The molecule has 1 aliphatic rings. The lowest BCUT2D eigenvalue weighted by Crippen LogP contribution is -2.32. The minimum Gasteiger partial charge on any atom is -0.444 e. The Hall–Kier alpha value is -3.00. The van der Waals surface area contributed by atoms with Crippen molar-refractivity contribution in [2.75, 3.05) is 5.32 Å². The van der Waals surface area contributed by atoms with Gasteiger partial charge < -0.3 is 15.4 Å².